The average Bonchev–Trinajstić information content (AvgIpc) is 3.46. The topological polar surface area (TPSA) is 61.7 Å². The number of benzene rings is 2. The number of rotatable bonds is 8. The normalized spacial score (nSPS) is 14.8. The number of aromatic nitrogens is 1. The van der Waals surface area contributed by atoms with E-state index in [1.807, 2.05) is 12.3 Å². The Morgan fingerprint density at radius 1 is 1.09 bits per heavy atom. The first-order valence-electron chi connectivity index (χ1n) is 12.0. The van der Waals surface area contributed by atoms with Gasteiger partial charge in [0.15, 0.2) is 0 Å². The quantitative estimate of drug-likeness (QED) is 0.281. The van der Waals surface area contributed by atoms with Gasteiger partial charge in [-0.2, -0.15) is 0 Å². The van der Waals surface area contributed by atoms with Crippen LogP contribution in [0.4, 0.5) is 10.1 Å². The lowest BCUT2D eigenvalue weighted by atomic mass is 10.1. The molecule has 1 N–H and O–H groups in total. The van der Waals surface area contributed by atoms with Crippen molar-refractivity contribution >= 4 is 33.5 Å². The van der Waals surface area contributed by atoms with Gasteiger partial charge < -0.3 is 19.0 Å². The Kier molecular flexibility index (Phi) is 6.54. The second-order valence-corrected chi connectivity index (χ2v) is 8.84. The Morgan fingerprint density at radius 3 is 2.76 bits per heavy atom. The van der Waals surface area contributed by atoms with Crippen LogP contribution in [0.2, 0.25) is 0 Å². The number of aryl methyl sites for hydroxylation is 1. The van der Waals surface area contributed by atoms with Crippen LogP contribution in [0.25, 0.3) is 21.9 Å². The standard InChI is InChI=1S/C27H30FN3O3/c1-2-33-27(32)26-16-20-15-22(7-9-25(20)34-26)31-13-11-30(12-14-31)10-4-3-5-19-18-29-24-8-6-21(28)17-23(19)24/h6-9,15-18,29H,2-5,10-14H2,1H3. The summed E-state index contributed by atoms with van der Waals surface area (Å²) >= 11 is 0. The third-order valence-corrected chi connectivity index (χ3v) is 6.61. The lowest BCUT2D eigenvalue weighted by Crippen LogP contribution is -2.46. The van der Waals surface area contributed by atoms with Crippen molar-refractivity contribution in [1.82, 2.24) is 9.88 Å². The number of hydrogen-bond acceptors (Lipinski definition) is 5. The van der Waals surface area contributed by atoms with Crippen LogP contribution < -0.4 is 4.90 Å². The van der Waals surface area contributed by atoms with E-state index in [0.29, 0.717) is 12.2 Å². The number of halogens is 1. The fraction of sp³-hybridized carbons (Fsp3) is 0.370. The summed E-state index contributed by atoms with van der Waals surface area (Å²) in [5.41, 5.74) is 4.04. The number of esters is 1. The first kappa shape index (κ1) is 22.5. The van der Waals surface area contributed by atoms with E-state index >= 15 is 0 Å². The van der Waals surface area contributed by atoms with Crippen molar-refractivity contribution in [3.63, 3.8) is 0 Å². The van der Waals surface area contributed by atoms with Gasteiger partial charge in [0.2, 0.25) is 5.76 Å². The van der Waals surface area contributed by atoms with E-state index in [0.717, 1.165) is 74.0 Å². The second-order valence-electron chi connectivity index (χ2n) is 8.84. The van der Waals surface area contributed by atoms with Crippen LogP contribution in [0.5, 0.6) is 0 Å². The minimum Gasteiger partial charge on any atom is -0.460 e. The van der Waals surface area contributed by atoms with Crippen LogP contribution >= 0.6 is 0 Å². The molecule has 3 heterocycles. The minimum atomic E-state index is -0.425. The van der Waals surface area contributed by atoms with Crippen molar-refractivity contribution in [3.05, 3.63) is 65.8 Å². The zero-order chi connectivity index (χ0) is 23.5. The monoisotopic (exact) mass is 463 g/mol. The predicted octanol–water partition coefficient (Wildman–Crippen LogP) is 5.37. The highest BCUT2D eigenvalue weighted by Gasteiger charge is 2.19. The summed E-state index contributed by atoms with van der Waals surface area (Å²) in [5.74, 6) is -0.361. The van der Waals surface area contributed by atoms with Gasteiger partial charge in [-0.1, -0.05) is 0 Å². The molecule has 0 radical (unpaired) electrons. The summed E-state index contributed by atoms with van der Waals surface area (Å²) in [6, 6.07) is 12.7. The average molecular weight is 464 g/mol. The van der Waals surface area contributed by atoms with Gasteiger partial charge in [-0.25, -0.2) is 9.18 Å². The van der Waals surface area contributed by atoms with E-state index in [4.69, 9.17) is 9.15 Å². The van der Waals surface area contributed by atoms with Gasteiger partial charge in [0, 0.05) is 54.4 Å². The van der Waals surface area contributed by atoms with Crippen molar-refractivity contribution in [2.75, 3.05) is 44.2 Å². The number of aromatic amines is 1. The third kappa shape index (κ3) is 4.80. The molecule has 0 amide bonds. The molecule has 0 saturated carbocycles. The zero-order valence-electron chi connectivity index (χ0n) is 19.5. The summed E-state index contributed by atoms with van der Waals surface area (Å²) < 4.78 is 24.2. The smallest absolute Gasteiger partial charge is 0.374 e. The molecular weight excluding hydrogens is 433 g/mol. The van der Waals surface area contributed by atoms with Crippen LogP contribution in [0.15, 0.2) is 53.1 Å². The molecule has 34 heavy (non-hydrogen) atoms. The molecule has 0 bridgehead atoms. The maximum Gasteiger partial charge on any atom is 0.374 e. The molecule has 0 spiro atoms. The Hall–Kier alpha value is -3.32. The van der Waals surface area contributed by atoms with Crippen molar-refractivity contribution < 1.29 is 18.3 Å². The largest absolute Gasteiger partial charge is 0.460 e. The van der Waals surface area contributed by atoms with Crippen LogP contribution in [0, 0.1) is 5.82 Å². The Bertz CT molecular complexity index is 1290. The summed E-state index contributed by atoms with van der Waals surface area (Å²) in [7, 11) is 0. The van der Waals surface area contributed by atoms with E-state index in [1.54, 1.807) is 25.1 Å². The van der Waals surface area contributed by atoms with Gasteiger partial charge in [0.05, 0.1) is 6.61 Å². The zero-order valence-corrected chi connectivity index (χ0v) is 19.5. The molecule has 1 saturated heterocycles. The SMILES string of the molecule is CCOC(=O)c1cc2cc(N3CCN(CCCCc4c[nH]c5ccc(F)cc45)CC3)ccc2o1. The van der Waals surface area contributed by atoms with Gasteiger partial charge >= 0.3 is 5.97 Å². The molecule has 2 aromatic carbocycles. The molecule has 4 aromatic rings. The number of piperazine rings is 1. The van der Waals surface area contributed by atoms with E-state index in [1.165, 1.54) is 11.6 Å². The highest BCUT2D eigenvalue weighted by Crippen LogP contribution is 2.27. The van der Waals surface area contributed by atoms with Gasteiger partial charge in [0.25, 0.3) is 0 Å². The molecule has 7 heteroatoms. The highest BCUT2D eigenvalue weighted by molar-refractivity contribution is 5.93. The number of H-pyrrole nitrogens is 1. The van der Waals surface area contributed by atoms with Gasteiger partial charge in [-0.05, 0) is 80.8 Å². The second kappa shape index (κ2) is 9.89. The van der Waals surface area contributed by atoms with Crippen LogP contribution in [0.1, 0.15) is 35.9 Å². The van der Waals surface area contributed by atoms with E-state index < -0.39 is 5.97 Å². The number of fused-ring (bicyclic) bond motifs is 2. The molecule has 0 unspecified atom stereocenters. The van der Waals surface area contributed by atoms with Crippen molar-refractivity contribution in [2.24, 2.45) is 0 Å². The van der Waals surface area contributed by atoms with Crippen LogP contribution in [-0.4, -0.2) is 55.2 Å². The number of nitrogens with one attached hydrogen (secondary N) is 1. The number of hydrogen-bond donors (Lipinski definition) is 1. The summed E-state index contributed by atoms with van der Waals surface area (Å²) in [6.07, 6.45) is 5.18. The van der Waals surface area contributed by atoms with E-state index in [9.17, 15) is 9.18 Å². The van der Waals surface area contributed by atoms with Crippen LogP contribution in [0.3, 0.4) is 0 Å². The first-order valence-corrected chi connectivity index (χ1v) is 12.0. The minimum absolute atomic E-state index is 0.183. The third-order valence-electron chi connectivity index (χ3n) is 6.61. The number of carbonyl (C=O) groups excluding carboxylic acids is 1. The number of carbonyl (C=O) groups is 1. The predicted molar refractivity (Wildman–Crippen MR) is 132 cm³/mol. The van der Waals surface area contributed by atoms with Crippen molar-refractivity contribution in [1.29, 1.82) is 0 Å². The Morgan fingerprint density at radius 2 is 1.94 bits per heavy atom. The van der Waals surface area contributed by atoms with Crippen molar-refractivity contribution in [2.45, 2.75) is 26.2 Å². The van der Waals surface area contributed by atoms with Gasteiger partial charge in [-0.15, -0.1) is 0 Å². The van der Waals surface area contributed by atoms with Gasteiger partial charge in [-0.3, -0.25) is 4.90 Å². The summed E-state index contributed by atoms with van der Waals surface area (Å²) in [6.45, 7) is 7.17. The Labute approximate surface area is 198 Å². The van der Waals surface area contributed by atoms with E-state index in [-0.39, 0.29) is 11.6 Å². The number of anilines is 1. The maximum absolute atomic E-state index is 13.6. The molecule has 0 aliphatic carbocycles. The number of ether oxygens (including phenoxy) is 1. The van der Waals surface area contributed by atoms with Crippen LogP contribution in [-0.2, 0) is 11.2 Å². The fourth-order valence-corrected chi connectivity index (χ4v) is 4.77. The fourth-order valence-electron chi connectivity index (χ4n) is 4.77. The lowest BCUT2D eigenvalue weighted by molar-refractivity contribution is 0.0492. The molecule has 1 aliphatic heterocycles. The molecule has 1 fully saturated rings. The molecule has 178 valence electrons. The number of nitrogens with zero attached hydrogens (tertiary/aromatic N) is 2. The maximum atomic E-state index is 13.6. The molecule has 5 rings (SSSR count). The van der Waals surface area contributed by atoms with E-state index in [2.05, 4.69) is 26.9 Å². The molecular formula is C27H30FN3O3. The Balaban J connectivity index is 1.10. The summed E-state index contributed by atoms with van der Waals surface area (Å²) in [4.78, 5) is 20.1. The molecule has 1 aliphatic rings. The van der Waals surface area contributed by atoms with Gasteiger partial charge in [0.1, 0.15) is 11.4 Å². The molecule has 0 atom stereocenters. The summed E-state index contributed by atoms with van der Waals surface area (Å²) in [5, 5.41) is 1.91. The molecule has 2 aromatic heterocycles. The first-order chi connectivity index (χ1) is 16.6. The number of unbranched alkanes of at least 4 members (excludes halogenated alkanes) is 1. The van der Waals surface area contributed by atoms with Crippen molar-refractivity contribution in [3.8, 4) is 0 Å². The highest BCUT2D eigenvalue weighted by atomic mass is 19.1. The number of furan rings is 1. The lowest BCUT2D eigenvalue weighted by Gasteiger charge is -2.36. The molecule has 6 nitrogen and oxygen atoms in total.